The predicted octanol–water partition coefficient (Wildman–Crippen LogP) is 1.74. The smallest absolute Gasteiger partial charge is 0.273 e. The van der Waals surface area contributed by atoms with Crippen molar-refractivity contribution >= 4 is 37.0 Å². The largest absolute Gasteiger partial charge is 0.377 e. The highest BCUT2D eigenvalue weighted by molar-refractivity contribution is 8.15. The number of ether oxygens (including phenoxy) is 1. The van der Waals surface area contributed by atoms with Gasteiger partial charge in [-0.05, 0) is 12.1 Å². The van der Waals surface area contributed by atoms with E-state index < -0.39 is 15.0 Å². The first-order valence-corrected chi connectivity index (χ1v) is 8.79. The number of carbonyl (C=O) groups excluding carboxylic acids is 1. The van der Waals surface area contributed by atoms with Crippen LogP contribution in [-0.2, 0) is 26.9 Å². The van der Waals surface area contributed by atoms with Crippen molar-refractivity contribution in [3.63, 3.8) is 0 Å². The number of hydrogen-bond donors (Lipinski definition) is 1. The quantitative estimate of drug-likeness (QED) is 0.797. The third-order valence-electron chi connectivity index (χ3n) is 2.38. The standard InChI is InChI=1S/C11H11ClN2O5S2/c1-18-6-7-4-9(14-19-7)11(15)13-5-8-2-3-10(20-8)21(12,16)17/h2-4H,5-6H2,1H3,(H,13,15). The van der Waals surface area contributed by atoms with E-state index in [0.29, 0.717) is 10.6 Å². The highest BCUT2D eigenvalue weighted by Crippen LogP contribution is 2.24. The monoisotopic (exact) mass is 350 g/mol. The van der Waals surface area contributed by atoms with Crippen LogP contribution >= 0.6 is 22.0 Å². The minimum absolute atomic E-state index is 0.0391. The Morgan fingerprint density at radius 2 is 2.29 bits per heavy atom. The van der Waals surface area contributed by atoms with E-state index in [1.165, 1.54) is 19.2 Å². The van der Waals surface area contributed by atoms with Gasteiger partial charge in [-0.15, -0.1) is 11.3 Å². The van der Waals surface area contributed by atoms with Gasteiger partial charge in [0.2, 0.25) is 0 Å². The maximum absolute atomic E-state index is 11.8. The summed E-state index contributed by atoms with van der Waals surface area (Å²) >= 11 is 0.992. The number of carbonyl (C=O) groups is 1. The number of nitrogens with one attached hydrogen (secondary N) is 1. The van der Waals surface area contributed by atoms with E-state index in [0.717, 1.165) is 11.3 Å². The second kappa shape index (κ2) is 6.56. The Bertz CT molecular complexity index is 737. The van der Waals surface area contributed by atoms with Gasteiger partial charge in [-0.25, -0.2) is 8.42 Å². The summed E-state index contributed by atoms with van der Waals surface area (Å²) in [4.78, 5) is 12.5. The van der Waals surface area contributed by atoms with Crippen molar-refractivity contribution in [1.82, 2.24) is 10.5 Å². The van der Waals surface area contributed by atoms with Crippen molar-refractivity contribution in [1.29, 1.82) is 0 Å². The third kappa shape index (κ3) is 4.27. The van der Waals surface area contributed by atoms with Crippen molar-refractivity contribution < 1.29 is 22.5 Å². The van der Waals surface area contributed by atoms with E-state index in [1.807, 2.05) is 0 Å². The SMILES string of the molecule is COCc1cc(C(=O)NCc2ccc(S(=O)(=O)Cl)s2)no1. The first-order chi connectivity index (χ1) is 9.90. The van der Waals surface area contributed by atoms with Crippen LogP contribution in [0.2, 0.25) is 0 Å². The number of amides is 1. The molecular formula is C11H11ClN2O5S2. The third-order valence-corrected chi connectivity index (χ3v) is 5.56. The summed E-state index contributed by atoms with van der Waals surface area (Å²) < 4.78 is 32.0. The van der Waals surface area contributed by atoms with Crippen molar-refractivity contribution in [3.05, 3.63) is 34.5 Å². The lowest BCUT2D eigenvalue weighted by Crippen LogP contribution is -2.22. The molecule has 0 saturated carbocycles. The molecule has 1 amide bonds. The second-order valence-corrected chi connectivity index (χ2v) is 7.91. The Balaban J connectivity index is 1.96. The molecule has 2 rings (SSSR count). The fraction of sp³-hybridized carbons (Fsp3) is 0.273. The van der Waals surface area contributed by atoms with Gasteiger partial charge >= 0.3 is 0 Å². The van der Waals surface area contributed by atoms with Gasteiger partial charge in [-0.3, -0.25) is 4.79 Å². The van der Waals surface area contributed by atoms with E-state index >= 15 is 0 Å². The van der Waals surface area contributed by atoms with Crippen LogP contribution in [0, 0.1) is 0 Å². The Labute approximate surface area is 129 Å². The number of hydrogen-bond acceptors (Lipinski definition) is 7. The molecule has 0 bridgehead atoms. The van der Waals surface area contributed by atoms with Gasteiger partial charge in [0, 0.05) is 28.7 Å². The molecule has 2 aromatic rings. The molecule has 7 nitrogen and oxygen atoms in total. The van der Waals surface area contributed by atoms with Gasteiger partial charge in [0.1, 0.15) is 10.8 Å². The van der Waals surface area contributed by atoms with Crippen molar-refractivity contribution in [3.8, 4) is 0 Å². The Kier molecular flexibility index (Phi) is 4.99. The molecule has 0 saturated heterocycles. The average Bonchev–Trinajstić information content (AvgIpc) is 3.04. The van der Waals surface area contributed by atoms with E-state index in [2.05, 4.69) is 10.5 Å². The number of thiophene rings is 1. The van der Waals surface area contributed by atoms with E-state index in [4.69, 9.17) is 19.9 Å². The fourth-order valence-electron chi connectivity index (χ4n) is 1.47. The maximum Gasteiger partial charge on any atom is 0.273 e. The number of methoxy groups -OCH3 is 1. The van der Waals surface area contributed by atoms with Crippen LogP contribution in [0.5, 0.6) is 0 Å². The van der Waals surface area contributed by atoms with Crippen LogP contribution in [-0.4, -0.2) is 26.6 Å². The zero-order valence-corrected chi connectivity index (χ0v) is 13.2. The summed E-state index contributed by atoms with van der Waals surface area (Å²) in [5.41, 5.74) is 0.129. The zero-order valence-electron chi connectivity index (χ0n) is 10.8. The summed E-state index contributed by atoms with van der Waals surface area (Å²) in [6.45, 7) is 0.393. The second-order valence-electron chi connectivity index (χ2n) is 3.95. The normalized spacial score (nSPS) is 11.5. The molecule has 0 unspecified atom stereocenters. The van der Waals surface area contributed by atoms with Crippen LogP contribution in [0.25, 0.3) is 0 Å². The minimum atomic E-state index is -3.74. The molecule has 0 spiro atoms. The molecule has 21 heavy (non-hydrogen) atoms. The lowest BCUT2D eigenvalue weighted by molar-refractivity contribution is 0.0941. The summed E-state index contributed by atoms with van der Waals surface area (Å²) in [6.07, 6.45) is 0. The lowest BCUT2D eigenvalue weighted by Gasteiger charge is -1.99. The van der Waals surface area contributed by atoms with Gasteiger partial charge in [-0.1, -0.05) is 5.16 Å². The molecule has 0 aromatic carbocycles. The molecular weight excluding hydrogens is 340 g/mol. The summed E-state index contributed by atoms with van der Waals surface area (Å²) in [7, 11) is 2.99. The zero-order chi connectivity index (χ0) is 15.5. The molecule has 0 aliphatic rings. The highest BCUT2D eigenvalue weighted by Gasteiger charge is 2.15. The Morgan fingerprint density at radius 1 is 1.52 bits per heavy atom. The summed E-state index contributed by atoms with van der Waals surface area (Å²) in [5, 5.41) is 6.22. The van der Waals surface area contributed by atoms with Crippen molar-refractivity contribution in [2.24, 2.45) is 0 Å². The molecule has 1 N–H and O–H groups in total. The number of rotatable bonds is 6. The molecule has 2 aromatic heterocycles. The molecule has 0 aliphatic carbocycles. The Hall–Kier alpha value is -1.42. The van der Waals surface area contributed by atoms with Crippen LogP contribution in [0.1, 0.15) is 21.1 Å². The van der Waals surface area contributed by atoms with E-state index in [-0.39, 0.29) is 23.1 Å². The topological polar surface area (TPSA) is 98.5 Å². The van der Waals surface area contributed by atoms with Crippen molar-refractivity contribution in [2.75, 3.05) is 7.11 Å². The summed E-state index contributed by atoms with van der Waals surface area (Å²) in [5.74, 6) is 0.0130. The average molecular weight is 351 g/mol. The number of aromatic nitrogens is 1. The number of nitrogens with zero attached hydrogens (tertiary/aromatic N) is 1. The molecule has 0 aliphatic heterocycles. The molecule has 114 valence electrons. The van der Waals surface area contributed by atoms with E-state index in [9.17, 15) is 13.2 Å². The highest BCUT2D eigenvalue weighted by atomic mass is 35.7. The van der Waals surface area contributed by atoms with Crippen LogP contribution in [0.15, 0.2) is 26.9 Å². The van der Waals surface area contributed by atoms with Gasteiger partial charge in [0.15, 0.2) is 11.5 Å². The number of halogens is 1. The minimum Gasteiger partial charge on any atom is -0.377 e. The van der Waals surface area contributed by atoms with E-state index in [1.54, 1.807) is 6.07 Å². The molecule has 0 fully saturated rings. The van der Waals surface area contributed by atoms with Crippen LogP contribution in [0.4, 0.5) is 0 Å². The van der Waals surface area contributed by atoms with Crippen LogP contribution < -0.4 is 5.32 Å². The first kappa shape index (κ1) is 16.0. The van der Waals surface area contributed by atoms with Gasteiger partial charge < -0.3 is 14.6 Å². The molecule has 0 atom stereocenters. The summed E-state index contributed by atoms with van der Waals surface area (Å²) in [6, 6.07) is 4.45. The maximum atomic E-state index is 11.8. The van der Waals surface area contributed by atoms with Crippen molar-refractivity contribution in [2.45, 2.75) is 17.4 Å². The van der Waals surface area contributed by atoms with Gasteiger partial charge in [-0.2, -0.15) is 0 Å². The predicted molar refractivity (Wildman–Crippen MR) is 75.7 cm³/mol. The van der Waals surface area contributed by atoms with Gasteiger partial charge in [0.25, 0.3) is 15.0 Å². The fourth-order valence-corrected chi connectivity index (χ4v) is 3.54. The van der Waals surface area contributed by atoms with Gasteiger partial charge in [0.05, 0.1) is 6.54 Å². The molecule has 0 radical (unpaired) electrons. The molecule has 2 heterocycles. The Morgan fingerprint density at radius 3 is 2.90 bits per heavy atom. The molecule has 10 heteroatoms. The van der Waals surface area contributed by atoms with Crippen LogP contribution in [0.3, 0.4) is 0 Å². The lowest BCUT2D eigenvalue weighted by atomic mass is 10.3. The first-order valence-electron chi connectivity index (χ1n) is 5.66.